The number of halogens is 3. The van der Waals surface area contributed by atoms with Crippen molar-refractivity contribution in [1.29, 1.82) is 0 Å². The van der Waals surface area contributed by atoms with E-state index in [2.05, 4.69) is 14.3 Å². The number of hydrogen-bond acceptors (Lipinski definition) is 5. The molecule has 9 heteroatoms. The third-order valence-corrected chi connectivity index (χ3v) is 6.51. The average Bonchev–Trinajstić information content (AvgIpc) is 3.06. The highest BCUT2D eigenvalue weighted by Crippen LogP contribution is 2.24. The molecule has 1 amide bonds. The number of aromatic nitrogens is 2. The lowest BCUT2D eigenvalue weighted by Crippen LogP contribution is -2.35. The molecule has 2 aromatic carbocycles. The van der Waals surface area contributed by atoms with Gasteiger partial charge in [-0.1, -0.05) is 35.3 Å². The van der Waals surface area contributed by atoms with E-state index >= 15 is 0 Å². The van der Waals surface area contributed by atoms with Crippen LogP contribution in [0.1, 0.15) is 28.2 Å². The summed E-state index contributed by atoms with van der Waals surface area (Å²) < 4.78 is 17.5. The SMILES string of the molecule is O=C(c1ccc(Cl)c(Cl)c1)N1CCCN(c2nc(Cc3ccc(F)cc3)ns2)CC1. The summed E-state index contributed by atoms with van der Waals surface area (Å²) in [5.74, 6) is 0.412. The van der Waals surface area contributed by atoms with Crippen molar-refractivity contribution in [1.82, 2.24) is 14.3 Å². The minimum absolute atomic E-state index is 0.0512. The molecule has 0 aliphatic carbocycles. The number of anilines is 1. The van der Waals surface area contributed by atoms with Crippen molar-refractivity contribution in [3.63, 3.8) is 0 Å². The number of carbonyl (C=O) groups excluding carboxylic acids is 1. The number of hydrogen-bond donors (Lipinski definition) is 0. The molecule has 1 saturated heterocycles. The van der Waals surface area contributed by atoms with Crippen LogP contribution in [0.15, 0.2) is 42.5 Å². The van der Waals surface area contributed by atoms with E-state index < -0.39 is 0 Å². The maximum Gasteiger partial charge on any atom is 0.253 e. The minimum atomic E-state index is -0.254. The molecular formula is C21H19Cl2FN4OS. The van der Waals surface area contributed by atoms with Gasteiger partial charge in [0.2, 0.25) is 5.13 Å². The lowest BCUT2D eigenvalue weighted by Gasteiger charge is -2.21. The van der Waals surface area contributed by atoms with E-state index in [4.69, 9.17) is 23.2 Å². The Bertz CT molecular complexity index is 1040. The van der Waals surface area contributed by atoms with Crippen molar-refractivity contribution >= 4 is 45.8 Å². The van der Waals surface area contributed by atoms with Gasteiger partial charge in [0.25, 0.3) is 5.91 Å². The van der Waals surface area contributed by atoms with E-state index in [1.165, 1.54) is 23.7 Å². The van der Waals surface area contributed by atoms with Crippen LogP contribution in [-0.2, 0) is 6.42 Å². The summed E-state index contributed by atoms with van der Waals surface area (Å²) in [6.45, 7) is 2.73. The van der Waals surface area contributed by atoms with E-state index in [0.29, 0.717) is 41.7 Å². The molecule has 0 N–H and O–H groups in total. The van der Waals surface area contributed by atoms with Gasteiger partial charge in [0, 0.05) is 49.7 Å². The van der Waals surface area contributed by atoms with E-state index in [1.807, 2.05) is 4.90 Å². The molecule has 1 fully saturated rings. The molecule has 0 spiro atoms. The molecule has 2 heterocycles. The van der Waals surface area contributed by atoms with Crippen LogP contribution in [-0.4, -0.2) is 46.3 Å². The van der Waals surface area contributed by atoms with Gasteiger partial charge in [-0.3, -0.25) is 4.79 Å². The first-order valence-electron chi connectivity index (χ1n) is 9.56. The van der Waals surface area contributed by atoms with E-state index in [0.717, 1.165) is 29.5 Å². The number of nitrogens with zero attached hydrogens (tertiary/aromatic N) is 4. The molecule has 3 aromatic rings. The van der Waals surface area contributed by atoms with Gasteiger partial charge in [-0.05, 0) is 42.3 Å². The summed E-state index contributed by atoms with van der Waals surface area (Å²) in [7, 11) is 0. The van der Waals surface area contributed by atoms with Gasteiger partial charge < -0.3 is 9.80 Å². The predicted octanol–water partition coefficient (Wildman–Crippen LogP) is 4.93. The molecule has 1 aromatic heterocycles. The van der Waals surface area contributed by atoms with Gasteiger partial charge in [-0.2, -0.15) is 4.37 Å². The summed E-state index contributed by atoms with van der Waals surface area (Å²) in [5, 5.41) is 1.65. The molecule has 0 unspecified atom stereocenters. The largest absolute Gasteiger partial charge is 0.345 e. The van der Waals surface area contributed by atoms with Crippen LogP contribution < -0.4 is 4.90 Å². The second kappa shape index (κ2) is 9.29. The molecule has 4 rings (SSSR count). The topological polar surface area (TPSA) is 49.3 Å². The zero-order chi connectivity index (χ0) is 21.1. The molecule has 1 aliphatic rings. The molecule has 0 saturated carbocycles. The highest BCUT2D eigenvalue weighted by atomic mass is 35.5. The van der Waals surface area contributed by atoms with E-state index in [-0.39, 0.29) is 11.7 Å². The lowest BCUT2D eigenvalue weighted by molar-refractivity contribution is 0.0767. The number of carbonyl (C=O) groups is 1. The van der Waals surface area contributed by atoms with Crippen molar-refractivity contribution in [2.45, 2.75) is 12.8 Å². The predicted molar refractivity (Wildman–Crippen MR) is 118 cm³/mol. The number of amides is 1. The van der Waals surface area contributed by atoms with E-state index in [9.17, 15) is 9.18 Å². The van der Waals surface area contributed by atoms with Crippen LogP contribution >= 0.6 is 34.7 Å². The van der Waals surface area contributed by atoms with Crippen LogP contribution in [0.3, 0.4) is 0 Å². The fourth-order valence-corrected chi connectivity index (χ4v) is 4.39. The lowest BCUT2D eigenvalue weighted by atomic mass is 10.1. The Morgan fingerprint density at radius 3 is 2.60 bits per heavy atom. The maximum absolute atomic E-state index is 13.1. The maximum atomic E-state index is 13.1. The molecule has 30 heavy (non-hydrogen) atoms. The number of benzene rings is 2. The Balaban J connectivity index is 1.39. The minimum Gasteiger partial charge on any atom is -0.345 e. The summed E-state index contributed by atoms with van der Waals surface area (Å²) in [5.41, 5.74) is 1.50. The van der Waals surface area contributed by atoms with Crippen molar-refractivity contribution in [2.75, 3.05) is 31.1 Å². The zero-order valence-corrected chi connectivity index (χ0v) is 18.4. The summed E-state index contributed by atoms with van der Waals surface area (Å²) >= 11 is 13.4. The second-order valence-electron chi connectivity index (χ2n) is 7.06. The fourth-order valence-electron chi connectivity index (χ4n) is 3.35. The molecule has 0 bridgehead atoms. The van der Waals surface area contributed by atoms with Gasteiger partial charge in [0.1, 0.15) is 11.6 Å². The smallest absolute Gasteiger partial charge is 0.253 e. The normalized spacial score (nSPS) is 14.6. The third kappa shape index (κ3) is 4.91. The van der Waals surface area contributed by atoms with Crippen molar-refractivity contribution in [3.05, 3.63) is 75.3 Å². The van der Waals surface area contributed by atoms with Crippen molar-refractivity contribution in [2.24, 2.45) is 0 Å². The van der Waals surface area contributed by atoms with Crippen LogP contribution in [0, 0.1) is 5.82 Å². The average molecular weight is 465 g/mol. The standard InChI is InChI=1S/C21H19Cl2FN4OS/c22-17-7-4-15(13-18(17)23)20(29)27-8-1-9-28(11-10-27)21-25-19(26-30-21)12-14-2-5-16(24)6-3-14/h2-7,13H,1,8-12H2. The first kappa shape index (κ1) is 21.0. The van der Waals surface area contributed by atoms with Crippen LogP contribution in [0.4, 0.5) is 9.52 Å². The van der Waals surface area contributed by atoms with Gasteiger partial charge in [0.05, 0.1) is 10.0 Å². The molecule has 156 valence electrons. The Labute approximate surface area is 188 Å². The Morgan fingerprint density at radius 1 is 1.03 bits per heavy atom. The van der Waals surface area contributed by atoms with E-state index in [1.54, 1.807) is 30.3 Å². The van der Waals surface area contributed by atoms with Gasteiger partial charge in [-0.25, -0.2) is 9.37 Å². The Kier molecular flexibility index (Phi) is 6.51. The third-order valence-electron chi connectivity index (χ3n) is 4.95. The van der Waals surface area contributed by atoms with Crippen LogP contribution in [0.2, 0.25) is 10.0 Å². The summed E-state index contributed by atoms with van der Waals surface area (Å²) in [6, 6.07) is 11.3. The monoisotopic (exact) mass is 464 g/mol. The summed E-state index contributed by atoms with van der Waals surface area (Å²) in [6.07, 6.45) is 1.40. The molecule has 0 atom stereocenters. The van der Waals surface area contributed by atoms with Crippen molar-refractivity contribution in [3.8, 4) is 0 Å². The first-order valence-corrected chi connectivity index (χ1v) is 11.1. The molecule has 1 aliphatic heterocycles. The second-order valence-corrected chi connectivity index (χ2v) is 8.60. The van der Waals surface area contributed by atoms with Gasteiger partial charge >= 0.3 is 0 Å². The van der Waals surface area contributed by atoms with Crippen molar-refractivity contribution < 1.29 is 9.18 Å². The highest BCUT2D eigenvalue weighted by molar-refractivity contribution is 7.09. The Hall–Kier alpha value is -2.22. The fraction of sp³-hybridized carbons (Fsp3) is 0.286. The first-order chi connectivity index (χ1) is 14.5. The van der Waals surface area contributed by atoms with Gasteiger partial charge in [0.15, 0.2) is 0 Å². The number of rotatable bonds is 4. The molecule has 5 nitrogen and oxygen atoms in total. The summed E-state index contributed by atoms with van der Waals surface area (Å²) in [4.78, 5) is 21.5. The van der Waals surface area contributed by atoms with Gasteiger partial charge in [-0.15, -0.1) is 0 Å². The zero-order valence-electron chi connectivity index (χ0n) is 16.0. The Morgan fingerprint density at radius 2 is 1.83 bits per heavy atom. The highest BCUT2D eigenvalue weighted by Gasteiger charge is 2.22. The quantitative estimate of drug-likeness (QED) is 0.549. The molecule has 0 radical (unpaired) electrons. The van der Waals surface area contributed by atoms with Crippen LogP contribution in [0.5, 0.6) is 0 Å². The van der Waals surface area contributed by atoms with Crippen LogP contribution in [0.25, 0.3) is 0 Å². The molecular weight excluding hydrogens is 446 g/mol.